The largest absolute Gasteiger partial charge is 0.478 e. The molecule has 1 aliphatic rings. The number of rotatable bonds is 4. The van der Waals surface area contributed by atoms with Crippen LogP contribution < -0.4 is 5.32 Å². The van der Waals surface area contributed by atoms with Gasteiger partial charge < -0.3 is 10.4 Å². The number of aromatic carboxylic acids is 1. The maximum atomic E-state index is 11.8. The van der Waals surface area contributed by atoms with E-state index in [4.69, 9.17) is 5.11 Å². The van der Waals surface area contributed by atoms with Gasteiger partial charge in [0.05, 0.1) is 11.3 Å². The zero-order chi connectivity index (χ0) is 13.8. The average Bonchev–Trinajstić information content (AvgIpc) is 2.83. The van der Waals surface area contributed by atoms with Crippen LogP contribution in [-0.2, 0) is 4.79 Å². The van der Waals surface area contributed by atoms with E-state index in [1.165, 1.54) is 28.8 Å². The summed E-state index contributed by atoms with van der Waals surface area (Å²) in [5, 5.41) is 11.3. The van der Waals surface area contributed by atoms with E-state index in [9.17, 15) is 14.4 Å². The van der Waals surface area contributed by atoms with Crippen LogP contribution in [0.15, 0.2) is 29.2 Å². The summed E-state index contributed by atoms with van der Waals surface area (Å²) in [4.78, 5) is 35.7. The summed E-state index contributed by atoms with van der Waals surface area (Å²) in [7, 11) is 0. The Kier molecular flexibility index (Phi) is 4.06. The third kappa shape index (κ3) is 3.25. The maximum absolute atomic E-state index is 11.8. The average molecular weight is 280 g/mol. The van der Waals surface area contributed by atoms with Gasteiger partial charge in [0, 0.05) is 18.0 Å². The van der Waals surface area contributed by atoms with Crippen LogP contribution in [0.2, 0.25) is 0 Å². The molecule has 1 heterocycles. The maximum Gasteiger partial charge on any atom is 0.335 e. The minimum Gasteiger partial charge on any atom is -0.478 e. The van der Waals surface area contributed by atoms with Crippen LogP contribution in [0, 0.1) is 0 Å². The topological polar surface area (TPSA) is 86.7 Å². The van der Waals surface area contributed by atoms with Gasteiger partial charge in [-0.3, -0.25) is 9.69 Å². The van der Waals surface area contributed by atoms with E-state index in [-0.39, 0.29) is 23.3 Å². The molecule has 2 rings (SSSR count). The van der Waals surface area contributed by atoms with Gasteiger partial charge in [0.25, 0.3) is 0 Å². The number of nitrogens with one attached hydrogen (secondary N) is 1. The zero-order valence-corrected chi connectivity index (χ0v) is 10.8. The van der Waals surface area contributed by atoms with E-state index in [0.717, 1.165) is 4.90 Å². The Morgan fingerprint density at radius 3 is 2.53 bits per heavy atom. The zero-order valence-electron chi connectivity index (χ0n) is 9.96. The summed E-state index contributed by atoms with van der Waals surface area (Å²) in [5.41, 5.74) is 0.203. The molecular weight excluding hydrogens is 268 g/mol. The number of carboxylic acids is 1. The highest BCUT2D eigenvalue weighted by atomic mass is 32.2. The van der Waals surface area contributed by atoms with E-state index in [1.54, 1.807) is 12.1 Å². The second kappa shape index (κ2) is 5.75. The summed E-state index contributed by atoms with van der Waals surface area (Å²) < 4.78 is 0. The predicted molar refractivity (Wildman–Crippen MR) is 69.2 cm³/mol. The van der Waals surface area contributed by atoms with Crippen molar-refractivity contribution in [3.8, 4) is 0 Å². The number of urea groups is 1. The van der Waals surface area contributed by atoms with Crippen molar-refractivity contribution in [1.29, 1.82) is 0 Å². The third-order valence-corrected chi connectivity index (χ3v) is 3.62. The van der Waals surface area contributed by atoms with E-state index in [2.05, 4.69) is 5.32 Å². The van der Waals surface area contributed by atoms with Crippen molar-refractivity contribution in [3.05, 3.63) is 29.8 Å². The minimum atomic E-state index is -0.985. The fraction of sp³-hybridized carbons (Fsp3) is 0.250. The quantitative estimate of drug-likeness (QED) is 0.804. The van der Waals surface area contributed by atoms with Gasteiger partial charge in [0.15, 0.2) is 0 Å². The molecule has 1 aromatic carbocycles. The summed E-state index contributed by atoms with van der Waals surface area (Å²) in [6, 6.07) is 5.90. The van der Waals surface area contributed by atoms with Crippen LogP contribution in [0.4, 0.5) is 4.79 Å². The lowest BCUT2D eigenvalue weighted by molar-refractivity contribution is -0.124. The Bertz CT molecular complexity index is 515. The van der Waals surface area contributed by atoms with Gasteiger partial charge in [0.2, 0.25) is 5.91 Å². The first kappa shape index (κ1) is 13.4. The van der Waals surface area contributed by atoms with Crippen LogP contribution >= 0.6 is 11.8 Å². The molecule has 0 atom stereocenters. The molecule has 0 saturated carbocycles. The highest BCUT2D eigenvalue weighted by Crippen LogP contribution is 2.19. The Balaban J connectivity index is 1.89. The van der Waals surface area contributed by atoms with Crippen molar-refractivity contribution in [2.45, 2.75) is 4.90 Å². The predicted octanol–water partition coefficient (Wildman–Crippen LogP) is 1.03. The van der Waals surface area contributed by atoms with Gasteiger partial charge >= 0.3 is 12.0 Å². The molecule has 1 fully saturated rings. The van der Waals surface area contributed by atoms with Crippen molar-refractivity contribution in [1.82, 2.24) is 10.2 Å². The molecule has 0 aliphatic carbocycles. The molecule has 0 radical (unpaired) electrons. The molecule has 7 heteroatoms. The number of benzene rings is 1. The molecular formula is C12H12N2O4S. The number of carboxylic acid groups (broad SMARTS) is 1. The van der Waals surface area contributed by atoms with E-state index in [1.807, 2.05) is 0 Å². The van der Waals surface area contributed by atoms with Crippen molar-refractivity contribution in [2.75, 3.05) is 18.8 Å². The molecule has 6 nitrogen and oxygen atoms in total. The molecule has 2 N–H and O–H groups in total. The number of hydrogen-bond donors (Lipinski definition) is 2. The fourth-order valence-electron chi connectivity index (χ4n) is 1.63. The molecule has 100 valence electrons. The van der Waals surface area contributed by atoms with Crippen LogP contribution in [0.3, 0.4) is 0 Å². The van der Waals surface area contributed by atoms with Crippen LogP contribution in [0.5, 0.6) is 0 Å². The van der Waals surface area contributed by atoms with Gasteiger partial charge in [-0.2, -0.15) is 0 Å². The molecule has 0 spiro atoms. The van der Waals surface area contributed by atoms with Gasteiger partial charge in [-0.1, -0.05) is 0 Å². The number of amides is 3. The van der Waals surface area contributed by atoms with Crippen molar-refractivity contribution < 1.29 is 19.5 Å². The van der Waals surface area contributed by atoms with Crippen LogP contribution in [0.1, 0.15) is 10.4 Å². The smallest absolute Gasteiger partial charge is 0.335 e. The number of imide groups is 1. The first-order valence-corrected chi connectivity index (χ1v) is 6.61. The Morgan fingerprint density at radius 2 is 2.00 bits per heavy atom. The summed E-state index contributed by atoms with van der Waals surface area (Å²) in [5.74, 6) is -1.08. The fourth-order valence-corrected chi connectivity index (χ4v) is 2.40. The summed E-state index contributed by atoms with van der Waals surface area (Å²) >= 11 is 1.27. The lowest BCUT2D eigenvalue weighted by Gasteiger charge is -2.11. The molecule has 1 aliphatic heterocycles. The molecule has 19 heavy (non-hydrogen) atoms. The molecule has 1 aromatic rings. The highest BCUT2D eigenvalue weighted by Gasteiger charge is 2.25. The SMILES string of the molecule is O=C(O)c1ccc(SCC(=O)N2CCNC2=O)cc1. The summed E-state index contributed by atoms with van der Waals surface area (Å²) in [6.07, 6.45) is 0. The summed E-state index contributed by atoms with van der Waals surface area (Å²) in [6.45, 7) is 0.888. The van der Waals surface area contributed by atoms with Gasteiger partial charge in [-0.05, 0) is 24.3 Å². The Hall–Kier alpha value is -2.02. The molecule has 0 aromatic heterocycles. The van der Waals surface area contributed by atoms with Crippen molar-refractivity contribution >= 4 is 29.7 Å². The Labute approximate surface area is 113 Å². The molecule has 0 unspecified atom stereocenters. The first-order chi connectivity index (χ1) is 9.08. The van der Waals surface area contributed by atoms with E-state index >= 15 is 0 Å². The monoisotopic (exact) mass is 280 g/mol. The normalized spacial score (nSPS) is 14.3. The molecule has 1 saturated heterocycles. The minimum absolute atomic E-state index is 0.153. The number of thioether (sulfide) groups is 1. The standard InChI is InChI=1S/C12H12N2O4S/c15-10(14-6-5-13-12(14)18)7-19-9-3-1-8(2-4-9)11(16)17/h1-4H,5-7H2,(H,13,18)(H,16,17). The number of carbonyl (C=O) groups excluding carboxylic acids is 2. The van der Waals surface area contributed by atoms with E-state index < -0.39 is 5.97 Å². The Morgan fingerprint density at radius 1 is 1.32 bits per heavy atom. The van der Waals surface area contributed by atoms with Crippen LogP contribution in [0.25, 0.3) is 0 Å². The lowest BCUT2D eigenvalue weighted by Crippen LogP contribution is -2.35. The second-order valence-electron chi connectivity index (χ2n) is 3.90. The molecule has 3 amide bonds. The van der Waals surface area contributed by atoms with Crippen molar-refractivity contribution in [3.63, 3.8) is 0 Å². The van der Waals surface area contributed by atoms with Gasteiger partial charge in [0.1, 0.15) is 0 Å². The van der Waals surface area contributed by atoms with Gasteiger partial charge in [-0.15, -0.1) is 11.8 Å². The van der Waals surface area contributed by atoms with Gasteiger partial charge in [-0.25, -0.2) is 9.59 Å². The number of nitrogens with zero attached hydrogens (tertiary/aromatic N) is 1. The number of hydrogen-bond acceptors (Lipinski definition) is 4. The number of carbonyl (C=O) groups is 3. The van der Waals surface area contributed by atoms with Crippen LogP contribution in [-0.4, -0.2) is 46.8 Å². The lowest BCUT2D eigenvalue weighted by atomic mass is 10.2. The molecule has 0 bridgehead atoms. The highest BCUT2D eigenvalue weighted by molar-refractivity contribution is 8.00. The van der Waals surface area contributed by atoms with Crippen molar-refractivity contribution in [2.24, 2.45) is 0 Å². The first-order valence-electron chi connectivity index (χ1n) is 5.62. The third-order valence-electron chi connectivity index (χ3n) is 2.62. The second-order valence-corrected chi connectivity index (χ2v) is 4.94. The van der Waals surface area contributed by atoms with E-state index in [0.29, 0.717) is 13.1 Å².